The summed E-state index contributed by atoms with van der Waals surface area (Å²) >= 11 is 0. The van der Waals surface area contributed by atoms with E-state index in [0.29, 0.717) is 94.5 Å². The number of carbonyl (C=O) groups is 6. The van der Waals surface area contributed by atoms with Gasteiger partial charge in [0.15, 0.2) is 0 Å². The molecular formula is C93H95N5O12. The van der Waals surface area contributed by atoms with E-state index >= 15 is 28.8 Å². The monoisotopic (exact) mass is 1470 g/mol. The zero-order valence-electron chi connectivity index (χ0n) is 64.3. The summed E-state index contributed by atoms with van der Waals surface area (Å²) in [6.07, 6.45) is 2.71. The Morgan fingerprint density at radius 2 is 0.718 bits per heavy atom. The third-order valence-electron chi connectivity index (χ3n) is 22.1. The number of epoxide rings is 2. The highest BCUT2D eigenvalue weighted by Gasteiger charge is 2.48. The van der Waals surface area contributed by atoms with Gasteiger partial charge in [0.05, 0.1) is 47.7 Å². The van der Waals surface area contributed by atoms with Crippen molar-refractivity contribution in [1.29, 1.82) is 0 Å². The van der Waals surface area contributed by atoms with E-state index in [-0.39, 0.29) is 124 Å². The summed E-state index contributed by atoms with van der Waals surface area (Å²) in [6.45, 7) is 24.4. The van der Waals surface area contributed by atoms with E-state index < -0.39 is 41.6 Å². The molecule has 11 aromatic rings. The molecule has 11 aromatic carbocycles. The molecule has 2 fully saturated rings. The Hall–Kier alpha value is -11.0. The first kappa shape index (κ1) is 74.5. The number of nitrogens with one attached hydrogen (secondary N) is 1. The van der Waals surface area contributed by atoms with Crippen LogP contribution >= 0.6 is 0 Å². The number of unbranched alkanes of at least 4 members (excludes halogenated alkanes) is 1. The summed E-state index contributed by atoms with van der Waals surface area (Å²) in [4.78, 5) is 105. The minimum atomic E-state index is -1.35. The molecular weight excluding hydrogens is 1380 g/mol. The van der Waals surface area contributed by atoms with E-state index in [1.165, 1.54) is 0 Å². The molecule has 4 atom stereocenters. The highest BCUT2D eigenvalue weighted by atomic mass is 16.6. The van der Waals surface area contributed by atoms with Gasteiger partial charge in [0.25, 0.3) is 23.6 Å². The molecule has 4 aliphatic rings. The lowest BCUT2D eigenvalue weighted by molar-refractivity contribution is -0.136. The number of nitrogens with zero attached hydrogens (tertiary/aromatic N) is 4. The Bertz CT molecular complexity index is 4720. The fraction of sp³-hybridized carbons (Fsp3) is 0.333. The minimum Gasteiger partial charge on any atom is -0.457 e. The number of imide groups is 2. The molecule has 0 aromatic heterocycles. The standard InChI is InChI=1S/C93H95N5O12/c1-11-95(43-20-19-25-68-52-105-68)92(103)74(45-58-21-15-13-16-22-58)97-88(99)70-47-76(107-64-34-26-60(27-35-64)54(3)4)82-84-78(109-66-38-30-62(31-39-66)56(7)8)49-72-81-73(91(102)98(90(72)101)75(46-59-23-17-14-18-24-59)93(104)96(12-2)44-42-94-51-69-53-106-69)50-79(110-67-40-32-63(33-41-67)57(9)10)85(87(81)84)83-77(48-71(89(97)100)80(70)86(82)83)108-65-36-28-61(29-37-65)55(5)6/h13-18,21-24,26-41,47-50,54-57,68-69,74-75,94H,11-12,19-20,25,42-46,51-53H2,1-10H3. The summed E-state index contributed by atoms with van der Waals surface area (Å²) in [7, 11) is 0. The van der Waals surface area contributed by atoms with Gasteiger partial charge in [0, 0.05) is 95.2 Å². The molecule has 110 heavy (non-hydrogen) atoms. The van der Waals surface area contributed by atoms with E-state index in [4.69, 9.17) is 28.4 Å². The highest BCUT2D eigenvalue weighted by Crippen LogP contribution is 2.58. The lowest BCUT2D eigenvalue weighted by Crippen LogP contribution is -2.56. The summed E-state index contributed by atoms with van der Waals surface area (Å²) in [6, 6.07) is 53.8. The normalized spacial score (nSPS) is 15.8. The smallest absolute Gasteiger partial charge is 0.262 e. The van der Waals surface area contributed by atoms with E-state index in [9.17, 15) is 0 Å². The molecule has 17 heteroatoms. The molecule has 4 aliphatic heterocycles. The highest BCUT2D eigenvalue weighted by molar-refractivity contribution is 6.45. The van der Waals surface area contributed by atoms with Gasteiger partial charge in [0.1, 0.15) is 58.1 Å². The van der Waals surface area contributed by atoms with Crippen molar-refractivity contribution in [3.05, 3.63) is 238 Å². The number of fused-ring (bicyclic) bond motifs is 2. The first-order valence-electron chi connectivity index (χ1n) is 39.1. The minimum absolute atomic E-state index is 0.00790. The Kier molecular flexibility index (Phi) is 21.4. The summed E-state index contributed by atoms with van der Waals surface area (Å²) in [5.74, 6) is -0.958. The second-order valence-electron chi connectivity index (χ2n) is 30.8. The van der Waals surface area contributed by atoms with Gasteiger partial charge >= 0.3 is 0 Å². The number of hydrogen-bond acceptors (Lipinski definition) is 13. The SMILES string of the molecule is CCN(CCCCC1CO1)C(=O)C(Cc1ccccc1)N1C(=O)c2cc(Oc3ccc(C(C)C)cc3)c3c4c(Oc5ccc(C(C)C)cc5)cc5c6c(cc(Oc7ccc(C(C)C)cc7)c(c7c(Oc8ccc(C(C)C)cc8)cc(c2c37)C1=O)c64)C(=O)N(C(Cc1ccccc1)C(=O)N(CC)CCNCC1CO1)C5=O. The van der Waals surface area contributed by atoms with Crippen LogP contribution in [0.5, 0.6) is 46.0 Å². The van der Waals surface area contributed by atoms with Gasteiger partial charge in [-0.15, -0.1) is 0 Å². The molecule has 1 N–H and O–H groups in total. The molecule has 0 saturated carbocycles. The van der Waals surface area contributed by atoms with Crippen LogP contribution in [-0.4, -0.2) is 132 Å². The van der Waals surface area contributed by atoms with Gasteiger partial charge < -0.3 is 43.5 Å². The molecule has 0 spiro atoms. The molecule has 564 valence electrons. The van der Waals surface area contributed by atoms with Crippen LogP contribution in [0.1, 0.15) is 187 Å². The quantitative estimate of drug-likeness (QED) is 0.0138. The van der Waals surface area contributed by atoms with Gasteiger partial charge in [-0.2, -0.15) is 0 Å². The fourth-order valence-corrected chi connectivity index (χ4v) is 15.7. The van der Waals surface area contributed by atoms with Crippen LogP contribution in [0.4, 0.5) is 0 Å². The Morgan fingerprint density at radius 3 is 1.01 bits per heavy atom. The van der Waals surface area contributed by atoms with Crippen LogP contribution in [0.2, 0.25) is 0 Å². The fourth-order valence-electron chi connectivity index (χ4n) is 15.7. The van der Waals surface area contributed by atoms with Crippen LogP contribution in [0, 0.1) is 0 Å². The first-order chi connectivity index (χ1) is 53.2. The van der Waals surface area contributed by atoms with E-state index in [2.05, 4.69) is 60.7 Å². The van der Waals surface area contributed by atoms with Crippen molar-refractivity contribution < 1.29 is 57.2 Å². The number of ether oxygens (including phenoxy) is 6. The van der Waals surface area contributed by atoms with Gasteiger partial charge in [0.2, 0.25) is 11.8 Å². The number of amides is 6. The second kappa shape index (κ2) is 31.5. The summed E-state index contributed by atoms with van der Waals surface area (Å²) < 4.78 is 40.7. The molecule has 6 amide bonds. The molecule has 2 saturated heterocycles. The second-order valence-corrected chi connectivity index (χ2v) is 30.8. The van der Waals surface area contributed by atoms with Crippen molar-refractivity contribution in [2.75, 3.05) is 52.5 Å². The van der Waals surface area contributed by atoms with Crippen LogP contribution in [-0.2, 0) is 31.9 Å². The average molecular weight is 1470 g/mol. The summed E-state index contributed by atoms with van der Waals surface area (Å²) in [5, 5.41) is 5.91. The van der Waals surface area contributed by atoms with Gasteiger partial charge in [-0.05, 0) is 163 Å². The number of hydrogen-bond donors (Lipinski definition) is 1. The number of likely N-dealkylation sites (N-methyl/N-ethyl adjacent to an activating group) is 2. The molecule has 17 nitrogen and oxygen atoms in total. The zero-order valence-corrected chi connectivity index (χ0v) is 64.3. The van der Waals surface area contributed by atoms with Crippen molar-refractivity contribution in [1.82, 2.24) is 24.9 Å². The maximum absolute atomic E-state index is 16.8. The average Bonchev–Trinajstić information content (AvgIpc) is 1.21. The zero-order chi connectivity index (χ0) is 76.8. The number of rotatable bonds is 32. The largest absolute Gasteiger partial charge is 0.457 e. The molecule has 0 bridgehead atoms. The maximum atomic E-state index is 16.8. The number of benzene rings is 11. The third kappa shape index (κ3) is 14.9. The van der Waals surface area contributed by atoms with Crippen LogP contribution < -0.4 is 24.3 Å². The predicted molar refractivity (Wildman–Crippen MR) is 430 cm³/mol. The Labute approximate surface area is 642 Å². The van der Waals surface area contributed by atoms with E-state index in [1.54, 1.807) is 34.1 Å². The van der Waals surface area contributed by atoms with Crippen LogP contribution in [0.3, 0.4) is 0 Å². The Balaban J connectivity index is 1.06. The topological polar surface area (TPSA) is 189 Å². The van der Waals surface area contributed by atoms with Gasteiger partial charge in [-0.1, -0.05) is 165 Å². The van der Waals surface area contributed by atoms with Crippen LogP contribution in [0.25, 0.3) is 43.1 Å². The molecule has 15 rings (SSSR count). The third-order valence-corrected chi connectivity index (χ3v) is 22.1. The van der Waals surface area contributed by atoms with Crippen LogP contribution in [0.15, 0.2) is 182 Å². The molecule has 0 radical (unpaired) electrons. The lowest BCUT2D eigenvalue weighted by Gasteiger charge is -2.37. The Morgan fingerprint density at radius 1 is 0.409 bits per heavy atom. The summed E-state index contributed by atoms with van der Waals surface area (Å²) in [5.41, 5.74) is 5.91. The van der Waals surface area contributed by atoms with Crippen molar-refractivity contribution in [2.45, 2.75) is 149 Å². The van der Waals surface area contributed by atoms with E-state index in [0.717, 1.165) is 62.6 Å². The lowest BCUT2D eigenvalue weighted by atomic mass is 9.80. The number of carbonyl (C=O) groups excluding carboxylic acids is 6. The van der Waals surface area contributed by atoms with Gasteiger partial charge in [-0.3, -0.25) is 38.6 Å². The van der Waals surface area contributed by atoms with Crippen molar-refractivity contribution in [3.8, 4) is 46.0 Å². The van der Waals surface area contributed by atoms with Crippen molar-refractivity contribution in [2.24, 2.45) is 0 Å². The maximum Gasteiger partial charge on any atom is 0.262 e. The first-order valence-corrected chi connectivity index (χ1v) is 39.1. The molecule has 4 heterocycles. The molecule has 4 unspecified atom stereocenters. The van der Waals surface area contributed by atoms with Crippen molar-refractivity contribution in [3.63, 3.8) is 0 Å². The molecule has 0 aliphatic carbocycles. The van der Waals surface area contributed by atoms with Crippen molar-refractivity contribution >= 4 is 78.5 Å². The predicted octanol–water partition coefficient (Wildman–Crippen LogP) is 19.1. The van der Waals surface area contributed by atoms with Gasteiger partial charge in [-0.25, -0.2) is 0 Å². The van der Waals surface area contributed by atoms with E-state index in [1.807, 2.05) is 172 Å².